The lowest BCUT2D eigenvalue weighted by atomic mass is 10.1. The molecule has 1 nitrogen and oxygen atoms in total. The lowest BCUT2D eigenvalue weighted by molar-refractivity contribution is 0.287. The van der Waals surface area contributed by atoms with Gasteiger partial charge in [-0.3, -0.25) is 4.90 Å². The molecule has 1 aliphatic rings. The molecule has 2 unspecified atom stereocenters. The van der Waals surface area contributed by atoms with Gasteiger partial charge in [-0.25, -0.2) is 0 Å². The molecule has 0 spiro atoms. The van der Waals surface area contributed by atoms with Gasteiger partial charge in [-0.05, 0) is 25.8 Å². The zero-order chi connectivity index (χ0) is 8.27. The lowest BCUT2D eigenvalue weighted by Gasteiger charge is -2.20. The molecule has 1 saturated heterocycles. The average molecular weight is 153 g/mol. The number of hydrogen-bond acceptors (Lipinski definition) is 1. The quantitative estimate of drug-likeness (QED) is 0.562. The fourth-order valence-electron chi connectivity index (χ4n) is 1.71. The predicted molar refractivity (Wildman–Crippen MR) is 49.6 cm³/mol. The third-order valence-electron chi connectivity index (χ3n) is 2.81. The standard InChI is InChI=1S/C10H19N/c1-4-9(3)11-7-6-10(5-2)8-11/h4,9-10H,1,5-8H2,2-3H3. The van der Waals surface area contributed by atoms with Crippen LogP contribution in [0.3, 0.4) is 0 Å². The summed E-state index contributed by atoms with van der Waals surface area (Å²) in [6.45, 7) is 10.9. The molecule has 0 bridgehead atoms. The highest BCUT2D eigenvalue weighted by molar-refractivity contribution is 4.88. The molecule has 64 valence electrons. The van der Waals surface area contributed by atoms with Gasteiger partial charge in [-0.15, -0.1) is 6.58 Å². The Morgan fingerprint density at radius 3 is 2.91 bits per heavy atom. The molecule has 0 aromatic rings. The van der Waals surface area contributed by atoms with Gasteiger partial charge in [0.25, 0.3) is 0 Å². The maximum atomic E-state index is 3.81. The Bertz CT molecular complexity index is 131. The first-order valence-electron chi connectivity index (χ1n) is 4.64. The third kappa shape index (κ3) is 2.06. The minimum absolute atomic E-state index is 0.576. The molecule has 1 heterocycles. The van der Waals surface area contributed by atoms with Gasteiger partial charge >= 0.3 is 0 Å². The SMILES string of the molecule is C=CC(C)N1CCC(CC)C1. The summed E-state index contributed by atoms with van der Waals surface area (Å²) in [5.74, 6) is 0.942. The molecule has 1 heteroatoms. The molecule has 1 aliphatic heterocycles. The molecule has 0 amide bonds. The van der Waals surface area contributed by atoms with Crippen LogP contribution in [0, 0.1) is 5.92 Å². The molecule has 2 atom stereocenters. The van der Waals surface area contributed by atoms with Crippen molar-refractivity contribution in [2.24, 2.45) is 5.92 Å². The molecular formula is C10H19N. The molecule has 0 aromatic heterocycles. The van der Waals surface area contributed by atoms with Crippen molar-refractivity contribution in [2.75, 3.05) is 13.1 Å². The van der Waals surface area contributed by atoms with Crippen LogP contribution in [0.15, 0.2) is 12.7 Å². The Labute approximate surface area is 70.1 Å². The van der Waals surface area contributed by atoms with E-state index in [0.717, 1.165) is 5.92 Å². The highest BCUT2D eigenvalue weighted by atomic mass is 15.2. The van der Waals surface area contributed by atoms with E-state index in [1.807, 2.05) is 6.08 Å². The Kier molecular flexibility index (Phi) is 3.13. The minimum Gasteiger partial charge on any atom is -0.297 e. The van der Waals surface area contributed by atoms with Gasteiger partial charge in [0, 0.05) is 12.6 Å². The predicted octanol–water partition coefficient (Wildman–Crippen LogP) is 2.29. The monoisotopic (exact) mass is 153 g/mol. The smallest absolute Gasteiger partial charge is 0.0247 e. The van der Waals surface area contributed by atoms with Crippen LogP contribution >= 0.6 is 0 Å². The first kappa shape index (κ1) is 8.79. The average Bonchev–Trinajstić information content (AvgIpc) is 2.50. The van der Waals surface area contributed by atoms with E-state index in [0.29, 0.717) is 6.04 Å². The van der Waals surface area contributed by atoms with E-state index in [4.69, 9.17) is 0 Å². The molecule has 1 fully saturated rings. The highest BCUT2D eigenvalue weighted by Gasteiger charge is 2.22. The first-order chi connectivity index (χ1) is 5.27. The summed E-state index contributed by atoms with van der Waals surface area (Å²) in [4.78, 5) is 2.52. The van der Waals surface area contributed by atoms with Crippen LogP contribution < -0.4 is 0 Å². The molecule has 0 N–H and O–H groups in total. The molecule has 0 aliphatic carbocycles. The normalized spacial score (nSPS) is 28.7. The van der Waals surface area contributed by atoms with Gasteiger partial charge < -0.3 is 0 Å². The van der Waals surface area contributed by atoms with Crippen LogP contribution in [0.1, 0.15) is 26.7 Å². The summed E-state index contributed by atoms with van der Waals surface area (Å²) in [7, 11) is 0. The van der Waals surface area contributed by atoms with Crippen molar-refractivity contribution in [2.45, 2.75) is 32.7 Å². The van der Waals surface area contributed by atoms with Crippen LogP contribution in [-0.2, 0) is 0 Å². The van der Waals surface area contributed by atoms with Crippen molar-refractivity contribution in [3.05, 3.63) is 12.7 Å². The van der Waals surface area contributed by atoms with Crippen LogP contribution in [0.5, 0.6) is 0 Å². The fraction of sp³-hybridized carbons (Fsp3) is 0.800. The molecule has 0 radical (unpaired) electrons. The Hall–Kier alpha value is -0.300. The van der Waals surface area contributed by atoms with E-state index in [-0.39, 0.29) is 0 Å². The molecule has 1 rings (SSSR count). The van der Waals surface area contributed by atoms with E-state index < -0.39 is 0 Å². The Morgan fingerprint density at radius 2 is 2.45 bits per heavy atom. The first-order valence-corrected chi connectivity index (χ1v) is 4.64. The van der Waals surface area contributed by atoms with Gasteiger partial charge in [0.1, 0.15) is 0 Å². The Morgan fingerprint density at radius 1 is 1.73 bits per heavy atom. The molecular weight excluding hydrogens is 134 g/mol. The van der Waals surface area contributed by atoms with Crippen molar-refractivity contribution in [3.63, 3.8) is 0 Å². The van der Waals surface area contributed by atoms with Crippen molar-refractivity contribution in [3.8, 4) is 0 Å². The number of nitrogens with zero attached hydrogens (tertiary/aromatic N) is 1. The summed E-state index contributed by atoms with van der Waals surface area (Å²) in [6, 6.07) is 0.576. The van der Waals surface area contributed by atoms with E-state index in [1.165, 1.54) is 25.9 Å². The highest BCUT2D eigenvalue weighted by Crippen LogP contribution is 2.20. The van der Waals surface area contributed by atoms with Crippen LogP contribution in [0.25, 0.3) is 0 Å². The minimum atomic E-state index is 0.576. The van der Waals surface area contributed by atoms with Crippen LogP contribution in [0.2, 0.25) is 0 Å². The van der Waals surface area contributed by atoms with Gasteiger partial charge in [-0.2, -0.15) is 0 Å². The van der Waals surface area contributed by atoms with Crippen molar-refractivity contribution < 1.29 is 0 Å². The van der Waals surface area contributed by atoms with Crippen molar-refractivity contribution in [1.82, 2.24) is 4.90 Å². The second-order valence-corrected chi connectivity index (χ2v) is 3.53. The summed E-state index contributed by atoms with van der Waals surface area (Å²) in [5.41, 5.74) is 0. The van der Waals surface area contributed by atoms with Crippen molar-refractivity contribution in [1.29, 1.82) is 0 Å². The molecule has 0 saturated carbocycles. The number of likely N-dealkylation sites (tertiary alicyclic amines) is 1. The Balaban J connectivity index is 2.34. The molecule has 0 aromatic carbocycles. The maximum Gasteiger partial charge on any atom is 0.0247 e. The van der Waals surface area contributed by atoms with E-state index in [2.05, 4.69) is 25.3 Å². The summed E-state index contributed by atoms with van der Waals surface area (Å²) in [5, 5.41) is 0. The number of hydrogen-bond donors (Lipinski definition) is 0. The second kappa shape index (κ2) is 3.91. The van der Waals surface area contributed by atoms with Gasteiger partial charge in [-0.1, -0.05) is 19.4 Å². The van der Waals surface area contributed by atoms with Gasteiger partial charge in [0.15, 0.2) is 0 Å². The van der Waals surface area contributed by atoms with Crippen molar-refractivity contribution >= 4 is 0 Å². The van der Waals surface area contributed by atoms with Gasteiger partial charge in [0.2, 0.25) is 0 Å². The zero-order valence-electron chi connectivity index (χ0n) is 7.71. The van der Waals surface area contributed by atoms with E-state index in [9.17, 15) is 0 Å². The maximum absolute atomic E-state index is 3.81. The largest absolute Gasteiger partial charge is 0.297 e. The van der Waals surface area contributed by atoms with Crippen LogP contribution in [-0.4, -0.2) is 24.0 Å². The summed E-state index contributed by atoms with van der Waals surface area (Å²) in [6.07, 6.45) is 4.76. The van der Waals surface area contributed by atoms with Crippen LogP contribution in [0.4, 0.5) is 0 Å². The zero-order valence-corrected chi connectivity index (χ0v) is 7.71. The van der Waals surface area contributed by atoms with E-state index in [1.54, 1.807) is 0 Å². The second-order valence-electron chi connectivity index (χ2n) is 3.53. The topological polar surface area (TPSA) is 3.24 Å². The van der Waals surface area contributed by atoms with E-state index >= 15 is 0 Å². The fourth-order valence-corrected chi connectivity index (χ4v) is 1.71. The summed E-state index contributed by atoms with van der Waals surface area (Å²) < 4.78 is 0. The van der Waals surface area contributed by atoms with Gasteiger partial charge in [0.05, 0.1) is 0 Å². The number of rotatable bonds is 3. The lowest BCUT2D eigenvalue weighted by Crippen LogP contribution is -2.28. The molecule has 11 heavy (non-hydrogen) atoms. The third-order valence-corrected chi connectivity index (χ3v) is 2.81. The summed E-state index contributed by atoms with van der Waals surface area (Å²) >= 11 is 0.